The molecule has 1 aliphatic heterocycles. The molecule has 2 heterocycles. The first-order valence-corrected chi connectivity index (χ1v) is 9.16. The second-order valence-corrected chi connectivity index (χ2v) is 7.63. The zero-order valence-electron chi connectivity index (χ0n) is 14.9. The van der Waals surface area contributed by atoms with Crippen LogP contribution in [0.3, 0.4) is 0 Å². The molecule has 4 rings (SSSR count). The SMILES string of the molecule is CC1(Cc2ccccc2F)CCCN1C(=O)c1cnc(C2CC2)nc1N. The highest BCUT2D eigenvalue weighted by molar-refractivity contribution is 5.98. The van der Waals surface area contributed by atoms with Crippen LogP contribution in [0.4, 0.5) is 10.2 Å². The van der Waals surface area contributed by atoms with Crippen LogP contribution >= 0.6 is 0 Å². The number of hydrogen-bond acceptors (Lipinski definition) is 4. The molecule has 136 valence electrons. The molecule has 1 unspecified atom stereocenters. The lowest BCUT2D eigenvalue weighted by molar-refractivity contribution is 0.0623. The first-order chi connectivity index (χ1) is 12.5. The topological polar surface area (TPSA) is 72.1 Å². The van der Waals surface area contributed by atoms with Crippen molar-refractivity contribution in [3.8, 4) is 0 Å². The number of benzene rings is 1. The van der Waals surface area contributed by atoms with E-state index in [1.165, 1.54) is 6.07 Å². The molecule has 1 aromatic carbocycles. The minimum atomic E-state index is -0.444. The molecule has 1 amide bonds. The number of likely N-dealkylation sites (tertiary alicyclic amines) is 1. The molecule has 2 fully saturated rings. The predicted octanol–water partition coefficient (Wildman–Crippen LogP) is 3.31. The molecule has 26 heavy (non-hydrogen) atoms. The highest BCUT2D eigenvalue weighted by Crippen LogP contribution is 2.39. The Balaban J connectivity index is 1.59. The third kappa shape index (κ3) is 3.04. The molecule has 1 aromatic heterocycles. The Bertz CT molecular complexity index is 851. The number of hydrogen-bond donors (Lipinski definition) is 1. The van der Waals surface area contributed by atoms with Crippen molar-refractivity contribution in [1.29, 1.82) is 0 Å². The lowest BCUT2D eigenvalue weighted by Crippen LogP contribution is -2.47. The van der Waals surface area contributed by atoms with Crippen molar-refractivity contribution in [3.63, 3.8) is 0 Å². The maximum absolute atomic E-state index is 14.1. The zero-order chi connectivity index (χ0) is 18.3. The Morgan fingerprint density at radius 1 is 1.38 bits per heavy atom. The van der Waals surface area contributed by atoms with Gasteiger partial charge in [-0.05, 0) is 50.7 Å². The van der Waals surface area contributed by atoms with Crippen LogP contribution in [0.5, 0.6) is 0 Å². The Morgan fingerprint density at radius 3 is 2.85 bits per heavy atom. The van der Waals surface area contributed by atoms with E-state index < -0.39 is 5.54 Å². The smallest absolute Gasteiger partial charge is 0.259 e. The maximum Gasteiger partial charge on any atom is 0.259 e. The fraction of sp³-hybridized carbons (Fsp3) is 0.450. The van der Waals surface area contributed by atoms with Gasteiger partial charge in [0.25, 0.3) is 5.91 Å². The molecule has 2 aromatic rings. The average molecular weight is 354 g/mol. The van der Waals surface area contributed by atoms with Crippen LogP contribution in [0.2, 0.25) is 0 Å². The van der Waals surface area contributed by atoms with E-state index in [4.69, 9.17) is 5.73 Å². The van der Waals surface area contributed by atoms with Crippen molar-refractivity contribution in [2.45, 2.75) is 50.5 Å². The van der Waals surface area contributed by atoms with Crippen LogP contribution in [0.25, 0.3) is 0 Å². The molecule has 1 atom stereocenters. The highest BCUT2D eigenvalue weighted by Gasteiger charge is 2.41. The number of rotatable bonds is 4. The first-order valence-electron chi connectivity index (χ1n) is 9.16. The second-order valence-electron chi connectivity index (χ2n) is 7.63. The van der Waals surface area contributed by atoms with Gasteiger partial charge in [0.15, 0.2) is 0 Å². The molecule has 1 saturated heterocycles. The fourth-order valence-electron chi connectivity index (χ4n) is 3.86. The van der Waals surface area contributed by atoms with Crippen molar-refractivity contribution in [3.05, 3.63) is 53.2 Å². The number of amides is 1. The lowest BCUT2D eigenvalue weighted by Gasteiger charge is -2.36. The molecular formula is C20H23FN4O. The summed E-state index contributed by atoms with van der Waals surface area (Å²) in [6, 6.07) is 6.75. The number of carbonyl (C=O) groups excluding carboxylic acids is 1. The molecular weight excluding hydrogens is 331 g/mol. The summed E-state index contributed by atoms with van der Waals surface area (Å²) in [5.41, 5.74) is 6.59. The minimum absolute atomic E-state index is 0.166. The first kappa shape index (κ1) is 16.9. The van der Waals surface area contributed by atoms with E-state index in [0.717, 1.165) is 31.5 Å². The number of nitrogens with zero attached hydrogens (tertiary/aromatic N) is 3. The van der Waals surface area contributed by atoms with Gasteiger partial charge in [-0.2, -0.15) is 0 Å². The van der Waals surface area contributed by atoms with Crippen molar-refractivity contribution < 1.29 is 9.18 Å². The molecule has 0 bridgehead atoms. The minimum Gasteiger partial charge on any atom is -0.383 e. The van der Waals surface area contributed by atoms with Crippen LogP contribution < -0.4 is 5.73 Å². The standard InChI is InChI=1S/C20H23FN4O/c1-20(11-14-5-2-3-6-16(14)21)9-4-10-25(20)19(26)15-12-23-18(13-7-8-13)24-17(15)22/h2-3,5-6,12-13H,4,7-11H2,1H3,(H2,22,23,24). The van der Waals surface area contributed by atoms with E-state index in [-0.39, 0.29) is 17.5 Å². The van der Waals surface area contributed by atoms with Crippen molar-refractivity contribution in [2.24, 2.45) is 0 Å². The van der Waals surface area contributed by atoms with E-state index in [1.54, 1.807) is 18.3 Å². The number of nitrogen functional groups attached to an aromatic ring is 1. The summed E-state index contributed by atoms with van der Waals surface area (Å²) in [4.78, 5) is 23.6. The predicted molar refractivity (Wildman–Crippen MR) is 97.2 cm³/mol. The van der Waals surface area contributed by atoms with Gasteiger partial charge in [0, 0.05) is 24.2 Å². The number of carbonyl (C=O) groups is 1. The van der Waals surface area contributed by atoms with Crippen LogP contribution in [-0.2, 0) is 6.42 Å². The molecule has 0 spiro atoms. The van der Waals surface area contributed by atoms with Gasteiger partial charge >= 0.3 is 0 Å². The largest absolute Gasteiger partial charge is 0.383 e. The number of anilines is 1. The van der Waals surface area contributed by atoms with Crippen molar-refractivity contribution in [2.75, 3.05) is 12.3 Å². The average Bonchev–Trinajstić information content (AvgIpc) is 3.39. The molecule has 2 N–H and O–H groups in total. The summed E-state index contributed by atoms with van der Waals surface area (Å²) in [5, 5.41) is 0. The van der Waals surface area contributed by atoms with E-state index in [2.05, 4.69) is 9.97 Å². The lowest BCUT2D eigenvalue weighted by atomic mass is 9.89. The molecule has 1 saturated carbocycles. The molecule has 6 heteroatoms. The summed E-state index contributed by atoms with van der Waals surface area (Å²) in [6.07, 6.45) is 5.91. The normalized spacial score (nSPS) is 22.6. The van der Waals surface area contributed by atoms with Crippen LogP contribution in [0.1, 0.15) is 60.3 Å². The number of nitrogens with two attached hydrogens (primary N) is 1. The summed E-state index contributed by atoms with van der Waals surface area (Å²) in [5.74, 6) is 0.965. The molecule has 0 radical (unpaired) electrons. The van der Waals surface area contributed by atoms with Gasteiger partial charge < -0.3 is 10.6 Å². The van der Waals surface area contributed by atoms with E-state index in [0.29, 0.717) is 30.0 Å². The highest BCUT2D eigenvalue weighted by atomic mass is 19.1. The molecule has 2 aliphatic rings. The Morgan fingerprint density at radius 2 is 2.15 bits per heavy atom. The number of halogens is 1. The van der Waals surface area contributed by atoms with Gasteiger partial charge in [-0.1, -0.05) is 18.2 Å². The summed E-state index contributed by atoms with van der Waals surface area (Å²) in [6.45, 7) is 2.65. The van der Waals surface area contributed by atoms with Crippen molar-refractivity contribution >= 4 is 11.7 Å². The maximum atomic E-state index is 14.1. The van der Waals surface area contributed by atoms with Crippen LogP contribution in [0.15, 0.2) is 30.5 Å². The van der Waals surface area contributed by atoms with Gasteiger partial charge in [-0.25, -0.2) is 14.4 Å². The van der Waals surface area contributed by atoms with Gasteiger partial charge in [-0.3, -0.25) is 4.79 Å². The third-order valence-corrected chi connectivity index (χ3v) is 5.53. The quantitative estimate of drug-likeness (QED) is 0.914. The van der Waals surface area contributed by atoms with Crippen LogP contribution in [0, 0.1) is 5.82 Å². The van der Waals surface area contributed by atoms with E-state index in [1.807, 2.05) is 17.9 Å². The summed E-state index contributed by atoms with van der Waals surface area (Å²) in [7, 11) is 0. The van der Waals surface area contributed by atoms with Gasteiger partial charge in [0.1, 0.15) is 23.0 Å². The summed E-state index contributed by atoms with van der Waals surface area (Å²) < 4.78 is 14.1. The summed E-state index contributed by atoms with van der Waals surface area (Å²) >= 11 is 0. The fourth-order valence-corrected chi connectivity index (χ4v) is 3.86. The molecule has 1 aliphatic carbocycles. The van der Waals surface area contributed by atoms with E-state index >= 15 is 0 Å². The Hall–Kier alpha value is -2.50. The number of aromatic nitrogens is 2. The molecule has 5 nitrogen and oxygen atoms in total. The Labute approximate surface area is 152 Å². The monoisotopic (exact) mass is 354 g/mol. The third-order valence-electron chi connectivity index (χ3n) is 5.53. The Kier molecular flexibility index (Phi) is 4.13. The van der Waals surface area contributed by atoms with E-state index in [9.17, 15) is 9.18 Å². The van der Waals surface area contributed by atoms with Crippen molar-refractivity contribution in [1.82, 2.24) is 14.9 Å². The zero-order valence-corrected chi connectivity index (χ0v) is 14.9. The van der Waals surface area contributed by atoms with Gasteiger partial charge in [-0.15, -0.1) is 0 Å². The van der Waals surface area contributed by atoms with Crippen LogP contribution in [-0.4, -0.2) is 32.9 Å². The van der Waals surface area contributed by atoms with Gasteiger partial charge in [0.2, 0.25) is 0 Å². The van der Waals surface area contributed by atoms with Gasteiger partial charge in [0.05, 0.1) is 0 Å². The second kappa shape index (κ2) is 6.34.